The van der Waals surface area contributed by atoms with Crippen LogP contribution in [0.4, 0.5) is 0 Å². The van der Waals surface area contributed by atoms with Crippen LogP contribution in [0.2, 0.25) is 0 Å². The normalized spacial score (nSPS) is 12.4. The van der Waals surface area contributed by atoms with Crippen molar-refractivity contribution in [3.05, 3.63) is 12.7 Å². The minimum atomic E-state index is -4.04. The van der Waals surface area contributed by atoms with Crippen molar-refractivity contribution < 1.29 is 17.8 Å². The number of amides is 1. The first-order valence-electron chi connectivity index (χ1n) is 3.77. The Labute approximate surface area is 106 Å². The van der Waals surface area contributed by atoms with Crippen LogP contribution in [-0.2, 0) is 14.9 Å². The Morgan fingerprint density at radius 2 is 2.14 bits per heavy atom. The van der Waals surface area contributed by atoms with Gasteiger partial charge in [-0.25, -0.2) is 0 Å². The molecule has 0 aromatic heterocycles. The number of carbonyl (C=O) groups is 1. The van der Waals surface area contributed by atoms with Gasteiger partial charge in [0, 0.05) is 6.04 Å². The Hall–Kier alpha value is 0.120. The fraction of sp³-hybridized carbons (Fsp3) is 0.571. The maximum atomic E-state index is 10.8. The van der Waals surface area contributed by atoms with Gasteiger partial charge in [-0.05, 0) is 12.5 Å². The molecule has 0 aliphatic heterocycles. The molecule has 0 bridgehead atoms. The van der Waals surface area contributed by atoms with E-state index in [-0.39, 0.29) is 29.6 Å². The average molecular weight is 231 g/mol. The van der Waals surface area contributed by atoms with Gasteiger partial charge in [-0.15, -0.1) is 0 Å². The van der Waals surface area contributed by atoms with Gasteiger partial charge in [0.2, 0.25) is 5.91 Å². The molecule has 0 radical (unpaired) electrons. The quantitative estimate of drug-likeness (QED) is 0.372. The summed E-state index contributed by atoms with van der Waals surface area (Å²) in [5.74, 6) is -0.918. The van der Waals surface area contributed by atoms with E-state index in [4.69, 9.17) is 4.55 Å². The molecule has 78 valence electrons. The predicted octanol–water partition coefficient (Wildman–Crippen LogP) is -0.693. The summed E-state index contributed by atoms with van der Waals surface area (Å²) in [5.41, 5.74) is 0. The summed E-state index contributed by atoms with van der Waals surface area (Å²) >= 11 is 0. The molecule has 0 aromatic rings. The van der Waals surface area contributed by atoms with Crippen molar-refractivity contribution in [2.75, 3.05) is 5.75 Å². The Bertz CT molecular complexity index is 288. The molecule has 0 saturated heterocycles. The number of carbonyl (C=O) groups excluding carboxylic acids is 1. The van der Waals surface area contributed by atoms with E-state index >= 15 is 0 Å². The number of rotatable bonds is 5. The van der Waals surface area contributed by atoms with E-state index in [1.807, 2.05) is 0 Å². The van der Waals surface area contributed by atoms with Crippen molar-refractivity contribution in [1.29, 1.82) is 0 Å². The Balaban J connectivity index is 0. The van der Waals surface area contributed by atoms with Crippen molar-refractivity contribution in [3.8, 4) is 0 Å². The second-order valence-electron chi connectivity index (χ2n) is 2.57. The summed E-state index contributed by atoms with van der Waals surface area (Å²) in [6, 6.07) is -0.569. The Morgan fingerprint density at radius 1 is 1.64 bits per heavy atom. The molecule has 0 aliphatic carbocycles. The summed E-state index contributed by atoms with van der Waals surface area (Å²) < 4.78 is 29.4. The van der Waals surface area contributed by atoms with Gasteiger partial charge in [-0.3, -0.25) is 9.35 Å². The third kappa shape index (κ3) is 8.71. The predicted molar refractivity (Wildman–Crippen MR) is 56.0 cm³/mol. The molecule has 7 heteroatoms. The van der Waals surface area contributed by atoms with E-state index in [1.165, 1.54) is 0 Å². The third-order valence-corrected chi connectivity index (χ3v) is 2.26. The second kappa shape index (κ2) is 7.42. The molecular formula is C7H14NNaO4S. The average Bonchev–Trinajstić information content (AvgIpc) is 2.00. The van der Waals surface area contributed by atoms with Crippen LogP contribution in [0, 0.1) is 0 Å². The first-order valence-corrected chi connectivity index (χ1v) is 5.38. The zero-order chi connectivity index (χ0) is 10.5. The molecule has 0 aliphatic rings. The molecule has 1 amide bonds. The van der Waals surface area contributed by atoms with Gasteiger partial charge in [-0.2, -0.15) is 8.42 Å². The fourth-order valence-corrected chi connectivity index (χ4v) is 1.60. The molecular weight excluding hydrogens is 217 g/mol. The van der Waals surface area contributed by atoms with Gasteiger partial charge in [0.25, 0.3) is 10.1 Å². The van der Waals surface area contributed by atoms with Gasteiger partial charge in [0.15, 0.2) is 0 Å². The molecule has 1 atom stereocenters. The SMILES string of the molecule is C=CC(=O)NC(CC)CS(=O)(=O)O.[NaH]. The van der Waals surface area contributed by atoms with Gasteiger partial charge < -0.3 is 5.32 Å². The van der Waals surface area contributed by atoms with E-state index in [9.17, 15) is 13.2 Å². The number of hydrogen-bond donors (Lipinski definition) is 2. The standard InChI is InChI=1S/C7H13NO4S.Na.H/c1-3-6(5-13(10,11)12)8-7(9)4-2;;/h4,6H,2-3,5H2,1H3,(H,8,9)(H,10,11,12);;. The number of hydrogen-bond acceptors (Lipinski definition) is 3. The van der Waals surface area contributed by atoms with E-state index in [0.29, 0.717) is 6.42 Å². The zero-order valence-corrected chi connectivity index (χ0v) is 8.17. The Morgan fingerprint density at radius 3 is 2.43 bits per heavy atom. The molecule has 0 saturated carbocycles. The van der Waals surface area contributed by atoms with Gasteiger partial charge in [0.05, 0.1) is 5.75 Å². The molecule has 0 fully saturated rings. The molecule has 14 heavy (non-hydrogen) atoms. The molecule has 1 unspecified atom stereocenters. The summed E-state index contributed by atoms with van der Waals surface area (Å²) in [7, 11) is -4.04. The van der Waals surface area contributed by atoms with Crippen LogP contribution in [0.1, 0.15) is 13.3 Å². The molecule has 5 nitrogen and oxygen atoms in total. The zero-order valence-electron chi connectivity index (χ0n) is 7.36. The van der Waals surface area contributed by atoms with Crippen molar-refractivity contribution in [3.63, 3.8) is 0 Å². The van der Waals surface area contributed by atoms with E-state index in [1.54, 1.807) is 6.92 Å². The van der Waals surface area contributed by atoms with Crippen LogP contribution in [0.15, 0.2) is 12.7 Å². The van der Waals surface area contributed by atoms with E-state index in [0.717, 1.165) is 6.08 Å². The third-order valence-electron chi connectivity index (χ3n) is 1.44. The maximum absolute atomic E-state index is 10.8. The molecule has 0 heterocycles. The summed E-state index contributed by atoms with van der Waals surface area (Å²) in [5, 5.41) is 2.38. The number of nitrogens with one attached hydrogen (secondary N) is 1. The topological polar surface area (TPSA) is 83.5 Å². The molecule has 2 N–H and O–H groups in total. The molecule has 0 spiro atoms. The van der Waals surface area contributed by atoms with Crippen LogP contribution in [-0.4, -0.2) is 60.2 Å². The summed E-state index contributed by atoms with van der Waals surface area (Å²) in [4.78, 5) is 10.8. The van der Waals surface area contributed by atoms with Gasteiger partial charge in [-0.1, -0.05) is 13.5 Å². The Kier molecular flexibility index (Phi) is 8.77. The fourth-order valence-electron chi connectivity index (χ4n) is 0.776. The van der Waals surface area contributed by atoms with Crippen LogP contribution >= 0.6 is 0 Å². The van der Waals surface area contributed by atoms with Crippen molar-refractivity contribution in [2.24, 2.45) is 0 Å². The van der Waals surface area contributed by atoms with Crippen LogP contribution in [0.5, 0.6) is 0 Å². The van der Waals surface area contributed by atoms with Gasteiger partial charge >= 0.3 is 29.6 Å². The van der Waals surface area contributed by atoms with E-state index < -0.39 is 27.8 Å². The van der Waals surface area contributed by atoms with Crippen LogP contribution in [0.25, 0.3) is 0 Å². The molecule has 0 rings (SSSR count). The minimum absolute atomic E-state index is 0. The van der Waals surface area contributed by atoms with Crippen LogP contribution < -0.4 is 5.32 Å². The monoisotopic (exact) mass is 231 g/mol. The van der Waals surface area contributed by atoms with Crippen molar-refractivity contribution >= 4 is 45.6 Å². The second-order valence-corrected chi connectivity index (χ2v) is 4.06. The first kappa shape index (κ1) is 16.5. The summed E-state index contributed by atoms with van der Waals surface area (Å²) in [6.45, 7) is 4.93. The molecule has 0 aromatic carbocycles. The van der Waals surface area contributed by atoms with Gasteiger partial charge in [0.1, 0.15) is 0 Å². The summed E-state index contributed by atoms with van der Waals surface area (Å²) in [6.07, 6.45) is 1.48. The first-order chi connectivity index (χ1) is 5.89. The van der Waals surface area contributed by atoms with Crippen LogP contribution in [0.3, 0.4) is 0 Å². The van der Waals surface area contributed by atoms with Crippen molar-refractivity contribution in [2.45, 2.75) is 19.4 Å². The van der Waals surface area contributed by atoms with E-state index in [2.05, 4.69) is 11.9 Å². The van der Waals surface area contributed by atoms with Crippen molar-refractivity contribution in [1.82, 2.24) is 5.32 Å².